The highest BCUT2D eigenvalue weighted by molar-refractivity contribution is 5.89. The molecule has 2 aromatic carbocycles. The molecule has 162 valence electrons. The summed E-state index contributed by atoms with van der Waals surface area (Å²) >= 11 is 0. The molecule has 0 aliphatic rings. The second-order valence-corrected chi connectivity index (χ2v) is 7.54. The molecule has 0 unspecified atom stereocenters. The molecule has 0 bridgehead atoms. The van der Waals surface area contributed by atoms with Gasteiger partial charge in [0.25, 0.3) is 0 Å². The van der Waals surface area contributed by atoms with E-state index in [4.69, 9.17) is 5.73 Å². The molecule has 30 heavy (non-hydrogen) atoms. The third-order valence-electron chi connectivity index (χ3n) is 4.77. The van der Waals surface area contributed by atoms with E-state index in [1.165, 1.54) is 22.9 Å². The van der Waals surface area contributed by atoms with Crippen molar-refractivity contribution in [2.45, 2.75) is 38.8 Å². The van der Waals surface area contributed by atoms with Gasteiger partial charge in [0, 0.05) is 34.8 Å². The Labute approximate surface area is 168 Å². The van der Waals surface area contributed by atoms with Gasteiger partial charge in [0.2, 0.25) is 0 Å². The van der Waals surface area contributed by atoms with Crippen molar-refractivity contribution in [3.63, 3.8) is 0 Å². The molecule has 0 amide bonds. The Kier molecular flexibility index (Phi) is 5.62. The number of alkyl halides is 6. The van der Waals surface area contributed by atoms with E-state index in [0.29, 0.717) is 0 Å². The quantitative estimate of drug-likeness (QED) is 0.458. The van der Waals surface area contributed by atoms with Gasteiger partial charge in [-0.1, -0.05) is 32.0 Å². The Morgan fingerprint density at radius 1 is 0.967 bits per heavy atom. The van der Waals surface area contributed by atoms with Crippen molar-refractivity contribution in [2.24, 2.45) is 11.7 Å². The van der Waals surface area contributed by atoms with Crippen LogP contribution < -0.4 is 5.73 Å². The van der Waals surface area contributed by atoms with Crippen molar-refractivity contribution in [2.75, 3.05) is 0 Å². The minimum absolute atomic E-state index is 0.0199. The van der Waals surface area contributed by atoms with Crippen molar-refractivity contribution >= 4 is 10.9 Å². The number of benzene rings is 2. The fourth-order valence-corrected chi connectivity index (χ4v) is 3.48. The first kappa shape index (κ1) is 22.1. The minimum Gasteiger partial charge on any atom is -0.347 e. The minimum atomic E-state index is -4.75. The Morgan fingerprint density at radius 3 is 2.17 bits per heavy atom. The van der Waals surface area contributed by atoms with E-state index < -0.39 is 29.8 Å². The second-order valence-electron chi connectivity index (χ2n) is 7.54. The topological polar surface area (TPSA) is 30.9 Å². The summed E-state index contributed by atoms with van der Waals surface area (Å²) in [4.78, 5) is 0. The Morgan fingerprint density at radius 2 is 1.60 bits per heavy atom. The average Bonchev–Trinajstić information content (AvgIpc) is 2.95. The van der Waals surface area contributed by atoms with Gasteiger partial charge in [-0.2, -0.15) is 26.3 Å². The van der Waals surface area contributed by atoms with Crippen LogP contribution in [-0.2, 0) is 12.7 Å². The third-order valence-corrected chi connectivity index (χ3v) is 4.77. The number of aromatic nitrogens is 1. The number of rotatable bonds is 4. The van der Waals surface area contributed by atoms with Crippen LogP contribution in [0.5, 0.6) is 0 Å². The molecule has 1 aromatic heterocycles. The lowest BCUT2D eigenvalue weighted by Crippen LogP contribution is -2.28. The molecule has 0 radical (unpaired) electrons. The molecule has 3 aromatic rings. The molecular weight excluding hydrogens is 413 g/mol. The molecule has 2 nitrogen and oxygen atoms in total. The molecule has 2 N–H and O–H groups in total. The molecule has 0 saturated carbocycles. The second kappa shape index (κ2) is 7.61. The number of hydrogen-bond acceptors (Lipinski definition) is 1. The van der Waals surface area contributed by atoms with E-state index in [9.17, 15) is 30.7 Å². The predicted molar refractivity (Wildman–Crippen MR) is 100 cm³/mol. The van der Waals surface area contributed by atoms with E-state index >= 15 is 0 Å². The number of nitrogens with zero attached hydrogens (tertiary/aromatic N) is 1. The summed E-state index contributed by atoms with van der Waals surface area (Å²) in [6.07, 6.45) is -8.28. The zero-order chi connectivity index (χ0) is 22.4. The molecule has 1 heterocycles. The van der Waals surface area contributed by atoms with Crippen LogP contribution in [0.3, 0.4) is 0 Å². The van der Waals surface area contributed by atoms with E-state index in [1.54, 1.807) is 0 Å². The van der Waals surface area contributed by atoms with Crippen LogP contribution in [0.4, 0.5) is 30.7 Å². The van der Waals surface area contributed by atoms with E-state index in [1.807, 2.05) is 13.8 Å². The van der Waals surface area contributed by atoms with Crippen molar-refractivity contribution < 1.29 is 30.7 Å². The molecule has 3 rings (SSSR count). The first-order valence-electron chi connectivity index (χ1n) is 9.12. The maximum atomic E-state index is 14.9. The van der Waals surface area contributed by atoms with Crippen LogP contribution in [-0.4, -0.2) is 10.7 Å². The lowest BCUT2D eigenvalue weighted by atomic mass is 9.96. The Hall–Kier alpha value is -2.55. The van der Waals surface area contributed by atoms with Crippen molar-refractivity contribution in [1.82, 2.24) is 4.57 Å². The maximum Gasteiger partial charge on any atom is 0.417 e. The monoisotopic (exact) mass is 432 g/mol. The molecule has 0 fully saturated rings. The van der Waals surface area contributed by atoms with Gasteiger partial charge in [-0.25, -0.2) is 4.39 Å². The summed E-state index contributed by atoms with van der Waals surface area (Å²) < 4.78 is 96.2. The van der Waals surface area contributed by atoms with Gasteiger partial charge in [0.1, 0.15) is 11.9 Å². The van der Waals surface area contributed by atoms with Gasteiger partial charge < -0.3 is 10.3 Å². The van der Waals surface area contributed by atoms with Crippen LogP contribution in [0.15, 0.2) is 42.6 Å². The van der Waals surface area contributed by atoms with Crippen molar-refractivity contribution in [3.05, 3.63) is 59.5 Å². The number of halogens is 7. The highest BCUT2D eigenvalue weighted by atomic mass is 19.4. The van der Waals surface area contributed by atoms with Gasteiger partial charge in [0.15, 0.2) is 0 Å². The standard InChI is InChI=1S/C21H19F7N2/c1-11(2)9-30-10-15(19(29)21(26,27)28)14-7-17(22)13(8-18(14)30)12-5-3-4-6-16(12)20(23,24)25/h3-8,10-11,19H,9,29H2,1-2H3/t19-/m0/s1. The molecule has 0 aliphatic carbocycles. The molecule has 0 spiro atoms. The van der Waals surface area contributed by atoms with Crippen LogP contribution in [0, 0.1) is 11.7 Å². The molecule has 0 aliphatic heterocycles. The number of fused-ring (bicyclic) bond motifs is 1. The first-order chi connectivity index (χ1) is 13.8. The lowest BCUT2D eigenvalue weighted by Gasteiger charge is -2.16. The highest BCUT2D eigenvalue weighted by Crippen LogP contribution is 2.41. The van der Waals surface area contributed by atoms with Gasteiger partial charge in [0.05, 0.1) is 5.56 Å². The fourth-order valence-electron chi connectivity index (χ4n) is 3.48. The van der Waals surface area contributed by atoms with E-state index in [-0.39, 0.29) is 40.1 Å². The molecular formula is C21H19F7N2. The maximum absolute atomic E-state index is 14.9. The molecule has 1 atom stereocenters. The molecule has 0 saturated heterocycles. The van der Waals surface area contributed by atoms with Crippen LogP contribution in [0.25, 0.3) is 22.0 Å². The molecule has 9 heteroatoms. The van der Waals surface area contributed by atoms with Gasteiger partial charge in [-0.3, -0.25) is 0 Å². The summed E-state index contributed by atoms with van der Waals surface area (Å²) in [6.45, 7) is 3.95. The van der Waals surface area contributed by atoms with Gasteiger partial charge in [-0.05, 0) is 29.7 Å². The summed E-state index contributed by atoms with van der Waals surface area (Å²) in [6, 6.07) is 4.13. The predicted octanol–water partition coefficient (Wildman–Crippen LogP) is 6.68. The fraction of sp³-hybridized carbons (Fsp3) is 0.333. The largest absolute Gasteiger partial charge is 0.417 e. The Balaban J connectivity index is 2.30. The summed E-state index contributed by atoms with van der Waals surface area (Å²) in [5.41, 5.74) is 3.46. The third kappa shape index (κ3) is 4.16. The average molecular weight is 432 g/mol. The first-order valence-corrected chi connectivity index (χ1v) is 9.12. The zero-order valence-electron chi connectivity index (χ0n) is 16.1. The number of nitrogens with two attached hydrogens (primary N) is 1. The van der Waals surface area contributed by atoms with E-state index in [2.05, 4.69) is 0 Å². The Bertz CT molecular complexity index is 1060. The lowest BCUT2D eigenvalue weighted by molar-refractivity contribution is -0.148. The normalized spacial score (nSPS) is 14.0. The smallest absolute Gasteiger partial charge is 0.347 e. The summed E-state index contributed by atoms with van der Waals surface area (Å²) in [5, 5.41) is -0.0776. The summed E-state index contributed by atoms with van der Waals surface area (Å²) in [7, 11) is 0. The summed E-state index contributed by atoms with van der Waals surface area (Å²) in [5.74, 6) is -1.04. The number of hydrogen-bond donors (Lipinski definition) is 1. The van der Waals surface area contributed by atoms with Crippen LogP contribution >= 0.6 is 0 Å². The van der Waals surface area contributed by atoms with E-state index in [0.717, 1.165) is 24.3 Å². The van der Waals surface area contributed by atoms with Gasteiger partial charge >= 0.3 is 12.4 Å². The highest BCUT2D eigenvalue weighted by Gasteiger charge is 2.40. The zero-order valence-corrected chi connectivity index (χ0v) is 16.1. The SMILES string of the molecule is CC(C)Cn1cc([C@H](N)C(F)(F)F)c2cc(F)c(-c3ccccc3C(F)(F)F)cc21. The van der Waals surface area contributed by atoms with Crippen LogP contribution in [0.1, 0.15) is 31.0 Å². The van der Waals surface area contributed by atoms with Crippen molar-refractivity contribution in [1.29, 1.82) is 0 Å². The van der Waals surface area contributed by atoms with Crippen molar-refractivity contribution in [3.8, 4) is 11.1 Å². The van der Waals surface area contributed by atoms with Crippen LogP contribution in [0.2, 0.25) is 0 Å². The van der Waals surface area contributed by atoms with Gasteiger partial charge in [-0.15, -0.1) is 0 Å².